The molecule has 0 saturated heterocycles. The lowest BCUT2D eigenvalue weighted by Crippen LogP contribution is -2.21. The highest BCUT2D eigenvalue weighted by Gasteiger charge is 2.11. The van der Waals surface area contributed by atoms with Crippen molar-refractivity contribution in [2.75, 3.05) is 30.7 Å². The van der Waals surface area contributed by atoms with Crippen LogP contribution in [0.4, 0.5) is 11.5 Å². The number of nitrogen functional groups attached to an aromatic ring is 1. The number of likely N-dealkylation sites (N-methyl/N-ethyl adjacent to an activating group) is 1. The van der Waals surface area contributed by atoms with Gasteiger partial charge in [0.05, 0.1) is 26.5 Å². The van der Waals surface area contributed by atoms with Gasteiger partial charge in [-0.15, -0.1) is 11.3 Å². The maximum absolute atomic E-state index is 5.90. The molecule has 0 spiro atoms. The van der Waals surface area contributed by atoms with Gasteiger partial charge in [-0.3, -0.25) is 5.10 Å². The monoisotopic (exact) mass is 302 g/mol. The number of H-pyrrole nitrogens is 1. The zero-order valence-electron chi connectivity index (χ0n) is 11.8. The molecule has 3 heterocycles. The number of thiophene rings is 1. The Labute approximate surface area is 126 Å². The number of anilines is 2. The Morgan fingerprint density at radius 3 is 3.00 bits per heavy atom. The first-order valence-electron chi connectivity index (χ1n) is 6.92. The largest absolute Gasteiger partial charge is 0.384 e. The number of nitrogens with zero attached hydrogens (tertiary/aromatic N) is 2. The first-order chi connectivity index (χ1) is 10.3. The van der Waals surface area contributed by atoms with Crippen molar-refractivity contribution >= 4 is 33.1 Å². The lowest BCUT2D eigenvalue weighted by atomic mass is 10.3. The first-order valence-corrected chi connectivity index (χ1v) is 7.74. The summed E-state index contributed by atoms with van der Waals surface area (Å²) in [6.45, 7) is 4.83. The quantitative estimate of drug-likeness (QED) is 0.524. The van der Waals surface area contributed by atoms with Gasteiger partial charge < -0.3 is 16.4 Å². The number of fused-ring (bicyclic) bond motifs is 1. The average molecular weight is 302 g/mol. The summed E-state index contributed by atoms with van der Waals surface area (Å²) in [5, 5.41) is 13.7. The number of hydrogen-bond acceptors (Lipinski definition) is 6. The van der Waals surface area contributed by atoms with Gasteiger partial charge in [0.1, 0.15) is 5.82 Å². The van der Waals surface area contributed by atoms with E-state index >= 15 is 0 Å². The molecule has 3 rings (SSSR count). The molecule has 5 N–H and O–H groups in total. The summed E-state index contributed by atoms with van der Waals surface area (Å²) in [5.41, 5.74) is 8.84. The van der Waals surface area contributed by atoms with Crippen LogP contribution in [0.15, 0.2) is 24.4 Å². The van der Waals surface area contributed by atoms with Crippen LogP contribution in [0, 0.1) is 0 Å². The van der Waals surface area contributed by atoms with Gasteiger partial charge in [-0.1, -0.05) is 6.92 Å². The molecule has 0 atom stereocenters. The van der Waals surface area contributed by atoms with E-state index in [9.17, 15) is 0 Å². The Kier molecular flexibility index (Phi) is 4.03. The molecule has 0 fully saturated rings. The van der Waals surface area contributed by atoms with E-state index in [0.717, 1.165) is 46.1 Å². The molecule has 0 aliphatic carbocycles. The first kappa shape index (κ1) is 13.8. The molecular formula is C14H18N6S. The van der Waals surface area contributed by atoms with E-state index < -0.39 is 0 Å². The molecule has 7 heteroatoms. The minimum atomic E-state index is 0.530. The second-order valence-electron chi connectivity index (χ2n) is 4.67. The molecule has 0 bridgehead atoms. The Balaban J connectivity index is 1.92. The van der Waals surface area contributed by atoms with E-state index in [-0.39, 0.29) is 0 Å². The minimum Gasteiger partial charge on any atom is -0.384 e. The summed E-state index contributed by atoms with van der Waals surface area (Å²) in [4.78, 5) is 5.52. The smallest absolute Gasteiger partial charge is 0.126 e. The van der Waals surface area contributed by atoms with Gasteiger partial charge in [0.25, 0.3) is 0 Å². The lowest BCUT2D eigenvalue weighted by Gasteiger charge is -2.08. The molecule has 0 aromatic carbocycles. The van der Waals surface area contributed by atoms with E-state index in [1.54, 1.807) is 17.5 Å². The Bertz CT molecular complexity index is 718. The molecule has 3 aromatic rings. The van der Waals surface area contributed by atoms with Gasteiger partial charge >= 0.3 is 0 Å². The molecule has 0 radical (unpaired) electrons. The van der Waals surface area contributed by atoms with Crippen molar-refractivity contribution < 1.29 is 0 Å². The minimum absolute atomic E-state index is 0.530. The Hall–Kier alpha value is -2.12. The predicted molar refractivity (Wildman–Crippen MR) is 88.6 cm³/mol. The lowest BCUT2D eigenvalue weighted by molar-refractivity contribution is 0.739. The van der Waals surface area contributed by atoms with Crippen LogP contribution in [0.1, 0.15) is 6.92 Å². The van der Waals surface area contributed by atoms with E-state index in [2.05, 4.69) is 32.7 Å². The van der Waals surface area contributed by atoms with Crippen molar-refractivity contribution in [3.8, 4) is 10.6 Å². The highest BCUT2D eigenvalue weighted by molar-refractivity contribution is 7.22. The van der Waals surface area contributed by atoms with E-state index in [4.69, 9.17) is 5.73 Å². The maximum Gasteiger partial charge on any atom is 0.126 e. The average Bonchev–Trinajstić information content (AvgIpc) is 3.11. The second-order valence-corrected chi connectivity index (χ2v) is 5.72. The van der Waals surface area contributed by atoms with Gasteiger partial charge in [0.15, 0.2) is 0 Å². The van der Waals surface area contributed by atoms with Crippen LogP contribution in [-0.4, -0.2) is 34.8 Å². The van der Waals surface area contributed by atoms with Crippen LogP contribution in [0.2, 0.25) is 0 Å². The van der Waals surface area contributed by atoms with Gasteiger partial charge in [-0.2, -0.15) is 5.10 Å². The number of nitrogens with two attached hydrogens (primary N) is 1. The van der Waals surface area contributed by atoms with Crippen LogP contribution < -0.4 is 16.4 Å². The third-order valence-electron chi connectivity index (χ3n) is 3.13. The fourth-order valence-electron chi connectivity index (χ4n) is 2.16. The van der Waals surface area contributed by atoms with Crippen LogP contribution in [0.25, 0.3) is 20.8 Å². The van der Waals surface area contributed by atoms with Crippen molar-refractivity contribution in [2.45, 2.75) is 6.92 Å². The number of nitrogens with one attached hydrogen (secondary N) is 3. The zero-order valence-corrected chi connectivity index (χ0v) is 12.6. The van der Waals surface area contributed by atoms with Gasteiger partial charge in [-0.05, 0) is 18.7 Å². The molecule has 21 heavy (non-hydrogen) atoms. The summed E-state index contributed by atoms with van der Waals surface area (Å²) in [6.07, 6.45) is 1.75. The van der Waals surface area contributed by atoms with Crippen LogP contribution in [0.3, 0.4) is 0 Å². The van der Waals surface area contributed by atoms with Crippen LogP contribution in [0.5, 0.6) is 0 Å². The predicted octanol–water partition coefficient (Wildman–Crippen LogP) is 2.29. The molecule has 3 aromatic heterocycles. The number of aromatic nitrogens is 3. The normalized spacial score (nSPS) is 11.1. The molecule has 0 amide bonds. The SMILES string of the molecule is CCNCCNc1cc(N)nc2cc(-c3ccn[nH]3)sc12. The fraction of sp³-hybridized carbons (Fsp3) is 0.286. The molecule has 0 saturated carbocycles. The van der Waals surface area contributed by atoms with Crippen molar-refractivity contribution in [3.63, 3.8) is 0 Å². The van der Waals surface area contributed by atoms with Crippen molar-refractivity contribution in [3.05, 3.63) is 24.4 Å². The molecular weight excluding hydrogens is 284 g/mol. The van der Waals surface area contributed by atoms with Gasteiger partial charge in [0.2, 0.25) is 0 Å². The number of hydrogen-bond donors (Lipinski definition) is 4. The number of rotatable bonds is 6. The Morgan fingerprint density at radius 1 is 1.33 bits per heavy atom. The summed E-state index contributed by atoms with van der Waals surface area (Å²) in [7, 11) is 0. The number of aromatic amines is 1. The molecule has 0 aliphatic rings. The summed E-state index contributed by atoms with van der Waals surface area (Å²) < 4.78 is 1.12. The molecule has 6 nitrogen and oxygen atoms in total. The van der Waals surface area contributed by atoms with E-state index in [1.807, 2.05) is 18.2 Å². The van der Waals surface area contributed by atoms with Crippen molar-refractivity contribution in [1.82, 2.24) is 20.5 Å². The maximum atomic E-state index is 5.90. The Morgan fingerprint density at radius 2 is 2.24 bits per heavy atom. The van der Waals surface area contributed by atoms with Gasteiger partial charge in [0, 0.05) is 25.4 Å². The summed E-state index contributed by atoms with van der Waals surface area (Å²) in [6, 6.07) is 5.88. The highest BCUT2D eigenvalue weighted by Crippen LogP contribution is 2.36. The molecule has 0 unspecified atom stereocenters. The van der Waals surface area contributed by atoms with E-state index in [0.29, 0.717) is 5.82 Å². The topological polar surface area (TPSA) is 91.7 Å². The zero-order chi connectivity index (χ0) is 14.7. The van der Waals surface area contributed by atoms with Gasteiger partial charge in [-0.25, -0.2) is 4.98 Å². The fourth-order valence-corrected chi connectivity index (χ4v) is 3.23. The van der Waals surface area contributed by atoms with Crippen molar-refractivity contribution in [1.29, 1.82) is 0 Å². The standard InChI is InChI=1S/C14H18N6S/c1-2-16-5-6-17-10-8-13(15)19-11-7-12(21-14(10)11)9-3-4-18-20-9/h3-4,7-8,16H,2,5-6H2,1H3,(H,18,20)(H3,15,17,19). The highest BCUT2D eigenvalue weighted by atomic mass is 32.1. The van der Waals surface area contributed by atoms with Crippen LogP contribution in [-0.2, 0) is 0 Å². The molecule has 110 valence electrons. The number of pyridine rings is 1. The third-order valence-corrected chi connectivity index (χ3v) is 4.32. The third kappa shape index (κ3) is 2.98. The molecule has 0 aliphatic heterocycles. The van der Waals surface area contributed by atoms with E-state index in [1.165, 1.54) is 0 Å². The van der Waals surface area contributed by atoms with Crippen LogP contribution >= 0.6 is 11.3 Å². The summed E-state index contributed by atoms with van der Waals surface area (Å²) in [5.74, 6) is 0.530. The summed E-state index contributed by atoms with van der Waals surface area (Å²) >= 11 is 1.68. The second kappa shape index (κ2) is 6.11. The van der Waals surface area contributed by atoms with Crippen molar-refractivity contribution in [2.24, 2.45) is 0 Å².